The molecule has 0 aliphatic carbocycles. The third-order valence-electron chi connectivity index (χ3n) is 2.51. The average molecular weight is 300 g/mol. The quantitative estimate of drug-likeness (QED) is 0.474. The first kappa shape index (κ1) is 12.0. The molecule has 0 spiro atoms. The van der Waals surface area contributed by atoms with Crippen molar-refractivity contribution in [2.75, 3.05) is 11.4 Å². The molecule has 2 heterocycles. The number of carbonyl (C=O) groups excluding carboxylic acids is 1. The predicted octanol–water partition coefficient (Wildman–Crippen LogP) is 1.80. The summed E-state index contributed by atoms with van der Waals surface area (Å²) in [5.74, 6) is -0.0149. The van der Waals surface area contributed by atoms with E-state index in [1.807, 2.05) is 0 Å². The van der Waals surface area contributed by atoms with Gasteiger partial charge in [-0.1, -0.05) is 15.9 Å². The third kappa shape index (κ3) is 2.28. The van der Waals surface area contributed by atoms with Crippen molar-refractivity contribution >= 4 is 33.3 Å². The van der Waals surface area contributed by atoms with E-state index in [0.717, 1.165) is 0 Å². The lowest BCUT2D eigenvalue weighted by Gasteiger charge is -2.14. The highest BCUT2D eigenvalue weighted by atomic mass is 79.9. The molecule has 1 aromatic heterocycles. The third-order valence-corrected chi connectivity index (χ3v) is 3.13. The van der Waals surface area contributed by atoms with E-state index in [4.69, 9.17) is 0 Å². The number of rotatable bonds is 2. The maximum atomic E-state index is 11.7. The summed E-state index contributed by atoms with van der Waals surface area (Å²) in [6.45, 7) is 2.14. The highest BCUT2D eigenvalue weighted by Gasteiger charge is 2.34. The fourth-order valence-corrected chi connectivity index (χ4v) is 2.32. The van der Waals surface area contributed by atoms with E-state index in [-0.39, 0.29) is 22.2 Å². The van der Waals surface area contributed by atoms with Crippen LogP contribution < -0.4 is 4.90 Å². The summed E-state index contributed by atoms with van der Waals surface area (Å²) in [5, 5.41) is 10.9. The summed E-state index contributed by atoms with van der Waals surface area (Å²) in [5.41, 5.74) is 0.572. The number of alkyl halides is 1. The molecule has 1 amide bonds. The molecule has 1 fully saturated rings. The molecule has 2 rings (SSSR count). The van der Waals surface area contributed by atoms with Crippen LogP contribution in [0.25, 0.3) is 0 Å². The number of nitro groups is 1. The van der Waals surface area contributed by atoms with Crippen molar-refractivity contribution in [2.45, 2.75) is 18.2 Å². The van der Waals surface area contributed by atoms with Gasteiger partial charge in [-0.3, -0.25) is 19.8 Å². The van der Waals surface area contributed by atoms with Crippen LogP contribution in [-0.4, -0.2) is 27.2 Å². The number of anilines is 1. The van der Waals surface area contributed by atoms with E-state index in [2.05, 4.69) is 20.9 Å². The van der Waals surface area contributed by atoms with Crippen LogP contribution >= 0.6 is 15.9 Å². The van der Waals surface area contributed by atoms with Gasteiger partial charge in [-0.2, -0.15) is 0 Å². The van der Waals surface area contributed by atoms with Gasteiger partial charge in [0.2, 0.25) is 11.7 Å². The number of aromatic nitrogens is 1. The van der Waals surface area contributed by atoms with Crippen molar-refractivity contribution in [3.05, 3.63) is 27.9 Å². The Hall–Kier alpha value is -1.50. The first-order chi connectivity index (χ1) is 7.99. The van der Waals surface area contributed by atoms with Gasteiger partial charge in [0, 0.05) is 30.1 Å². The fraction of sp³-hybridized carbons (Fsp3) is 0.400. The summed E-state index contributed by atoms with van der Waals surface area (Å²) in [6.07, 6.45) is 1.86. The Bertz CT molecular complexity index is 492. The second-order valence-corrected chi connectivity index (χ2v) is 5.21. The summed E-state index contributed by atoms with van der Waals surface area (Å²) in [7, 11) is 0. The van der Waals surface area contributed by atoms with Gasteiger partial charge in [0.25, 0.3) is 0 Å². The maximum absolute atomic E-state index is 11.7. The monoisotopic (exact) mass is 299 g/mol. The van der Waals surface area contributed by atoms with Crippen molar-refractivity contribution in [1.82, 2.24) is 4.98 Å². The van der Waals surface area contributed by atoms with Crippen LogP contribution in [0, 0.1) is 17.0 Å². The molecule has 1 atom stereocenters. The molecule has 0 N–H and O–H groups in total. The summed E-state index contributed by atoms with van der Waals surface area (Å²) in [6, 6.07) is 1.43. The van der Waals surface area contributed by atoms with E-state index >= 15 is 0 Å². The molecular weight excluding hydrogens is 290 g/mol. The molecule has 1 unspecified atom stereocenters. The predicted molar refractivity (Wildman–Crippen MR) is 65.3 cm³/mol. The van der Waals surface area contributed by atoms with E-state index < -0.39 is 4.92 Å². The summed E-state index contributed by atoms with van der Waals surface area (Å²) in [4.78, 5) is 27.5. The van der Waals surface area contributed by atoms with Crippen LogP contribution in [-0.2, 0) is 4.79 Å². The summed E-state index contributed by atoms with van der Waals surface area (Å²) >= 11 is 3.33. The molecule has 1 aromatic rings. The second kappa shape index (κ2) is 4.40. The smallest absolute Gasteiger partial charge is 0.290 e. The molecule has 6 nitrogen and oxygen atoms in total. The lowest BCUT2D eigenvalue weighted by Crippen LogP contribution is -2.26. The SMILES string of the molecule is Cc1cnc(N2CC(Br)CC2=O)c([N+](=O)[O-])c1. The van der Waals surface area contributed by atoms with E-state index in [1.54, 1.807) is 6.92 Å². The van der Waals surface area contributed by atoms with Gasteiger partial charge in [0.15, 0.2) is 0 Å². The standard InChI is InChI=1S/C10H10BrN3O3/c1-6-2-8(14(16)17)10(12-4-6)13-5-7(11)3-9(13)15/h2,4,7H,3,5H2,1H3. The number of amides is 1. The van der Waals surface area contributed by atoms with Gasteiger partial charge >= 0.3 is 5.69 Å². The number of pyridine rings is 1. The highest BCUT2D eigenvalue weighted by molar-refractivity contribution is 9.09. The molecule has 1 aliphatic rings. The Labute approximate surface area is 106 Å². The van der Waals surface area contributed by atoms with Crippen LogP contribution in [0.2, 0.25) is 0 Å². The Morgan fingerprint density at radius 1 is 1.65 bits per heavy atom. The topological polar surface area (TPSA) is 76.3 Å². The minimum absolute atomic E-state index is 0.0257. The minimum atomic E-state index is -0.510. The first-order valence-corrected chi connectivity index (χ1v) is 5.96. The van der Waals surface area contributed by atoms with Crippen molar-refractivity contribution in [3.8, 4) is 0 Å². The zero-order chi connectivity index (χ0) is 12.6. The van der Waals surface area contributed by atoms with Crippen molar-refractivity contribution < 1.29 is 9.72 Å². The number of nitrogens with zero attached hydrogens (tertiary/aromatic N) is 3. The van der Waals surface area contributed by atoms with Crippen molar-refractivity contribution in [3.63, 3.8) is 0 Å². The Morgan fingerprint density at radius 2 is 2.35 bits per heavy atom. The minimum Gasteiger partial charge on any atom is -0.290 e. The number of hydrogen-bond donors (Lipinski definition) is 0. The van der Waals surface area contributed by atoms with Crippen molar-refractivity contribution in [1.29, 1.82) is 0 Å². The zero-order valence-corrected chi connectivity index (χ0v) is 10.7. The molecular formula is C10H10BrN3O3. The highest BCUT2D eigenvalue weighted by Crippen LogP contribution is 2.31. The zero-order valence-electron chi connectivity index (χ0n) is 9.09. The maximum Gasteiger partial charge on any atom is 0.312 e. The molecule has 0 aromatic carbocycles. The van der Waals surface area contributed by atoms with E-state index in [0.29, 0.717) is 18.5 Å². The van der Waals surface area contributed by atoms with Crippen LogP contribution in [0.1, 0.15) is 12.0 Å². The lowest BCUT2D eigenvalue weighted by molar-refractivity contribution is -0.384. The Morgan fingerprint density at radius 3 is 2.88 bits per heavy atom. The Kier molecular flexibility index (Phi) is 3.10. The fourth-order valence-electron chi connectivity index (χ4n) is 1.76. The van der Waals surface area contributed by atoms with Crippen LogP contribution in [0.4, 0.5) is 11.5 Å². The van der Waals surface area contributed by atoms with Crippen LogP contribution in [0.3, 0.4) is 0 Å². The Balaban J connectivity index is 2.45. The van der Waals surface area contributed by atoms with Gasteiger partial charge in [0.05, 0.1) is 4.92 Å². The molecule has 1 saturated heterocycles. The molecule has 0 radical (unpaired) electrons. The van der Waals surface area contributed by atoms with Gasteiger partial charge in [-0.05, 0) is 12.5 Å². The normalized spacial score (nSPS) is 19.8. The largest absolute Gasteiger partial charge is 0.312 e. The number of halogens is 1. The number of hydrogen-bond acceptors (Lipinski definition) is 4. The van der Waals surface area contributed by atoms with Gasteiger partial charge in [-0.15, -0.1) is 0 Å². The van der Waals surface area contributed by atoms with E-state index in [9.17, 15) is 14.9 Å². The first-order valence-electron chi connectivity index (χ1n) is 5.04. The van der Waals surface area contributed by atoms with Crippen LogP contribution in [0.5, 0.6) is 0 Å². The number of carbonyl (C=O) groups is 1. The number of aryl methyl sites for hydroxylation is 1. The van der Waals surface area contributed by atoms with Crippen LogP contribution in [0.15, 0.2) is 12.3 Å². The van der Waals surface area contributed by atoms with E-state index in [1.165, 1.54) is 17.2 Å². The molecule has 90 valence electrons. The van der Waals surface area contributed by atoms with Gasteiger partial charge in [0.1, 0.15) is 0 Å². The van der Waals surface area contributed by atoms with Crippen molar-refractivity contribution in [2.24, 2.45) is 0 Å². The molecule has 17 heavy (non-hydrogen) atoms. The second-order valence-electron chi connectivity index (χ2n) is 3.92. The van der Waals surface area contributed by atoms with Gasteiger partial charge in [-0.25, -0.2) is 4.98 Å². The molecule has 0 bridgehead atoms. The molecule has 1 aliphatic heterocycles. The lowest BCUT2D eigenvalue weighted by atomic mass is 10.2. The summed E-state index contributed by atoms with van der Waals surface area (Å²) < 4.78 is 0. The average Bonchev–Trinajstić information content (AvgIpc) is 2.57. The molecule has 0 saturated carbocycles. The van der Waals surface area contributed by atoms with Gasteiger partial charge < -0.3 is 0 Å². The molecule has 7 heteroatoms.